The molecule has 0 heterocycles. The van der Waals surface area contributed by atoms with Gasteiger partial charge in [-0.3, -0.25) is 10.1 Å². The van der Waals surface area contributed by atoms with Gasteiger partial charge in [-0.1, -0.05) is 13.3 Å². The molecule has 0 saturated heterocycles. The minimum Gasteiger partial charge on any atom is -0.462 e. The number of unbranched alkanes of at least 4 members (excludes halogenated alkanes) is 1. The van der Waals surface area contributed by atoms with Crippen LogP contribution in [0.2, 0.25) is 0 Å². The third-order valence-corrected chi connectivity index (χ3v) is 3.78. The quantitative estimate of drug-likeness (QED) is 0.517. The first-order valence-electron chi connectivity index (χ1n) is 9.15. The van der Waals surface area contributed by atoms with Gasteiger partial charge in [-0.25, -0.2) is 9.59 Å². The summed E-state index contributed by atoms with van der Waals surface area (Å²) in [5.41, 5.74) is 1.95. The molecule has 0 radical (unpaired) electrons. The van der Waals surface area contributed by atoms with Gasteiger partial charge in [0.2, 0.25) is 0 Å². The van der Waals surface area contributed by atoms with E-state index in [1.165, 1.54) is 0 Å². The van der Waals surface area contributed by atoms with Gasteiger partial charge in [-0.05, 0) is 61.9 Å². The van der Waals surface area contributed by atoms with E-state index in [1.807, 2.05) is 6.92 Å². The van der Waals surface area contributed by atoms with Gasteiger partial charge in [0, 0.05) is 16.9 Å². The fourth-order valence-corrected chi connectivity index (χ4v) is 2.28. The maximum atomic E-state index is 12.3. The minimum atomic E-state index is -0.548. The van der Waals surface area contributed by atoms with Crippen LogP contribution in [0, 0.1) is 0 Å². The molecule has 28 heavy (non-hydrogen) atoms. The summed E-state index contributed by atoms with van der Waals surface area (Å²) < 4.78 is 9.94. The predicted molar refractivity (Wildman–Crippen MR) is 107 cm³/mol. The summed E-state index contributed by atoms with van der Waals surface area (Å²) in [5, 5.41) is 5.31. The van der Waals surface area contributed by atoms with Crippen molar-refractivity contribution in [2.24, 2.45) is 0 Å². The van der Waals surface area contributed by atoms with E-state index in [4.69, 9.17) is 9.47 Å². The van der Waals surface area contributed by atoms with E-state index in [2.05, 4.69) is 10.6 Å². The molecule has 7 heteroatoms. The number of carbonyl (C=O) groups is 3. The van der Waals surface area contributed by atoms with Crippen molar-refractivity contribution in [3.63, 3.8) is 0 Å². The summed E-state index contributed by atoms with van der Waals surface area (Å²) in [6, 6.07) is 12.9. The van der Waals surface area contributed by atoms with Crippen LogP contribution in [-0.4, -0.2) is 31.2 Å². The number of rotatable bonds is 8. The molecule has 7 nitrogen and oxygen atoms in total. The molecular weight excluding hydrogens is 360 g/mol. The third-order valence-electron chi connectivity index (χ3n) is 3.78. The largest absolute Gasteiger partial charge is 0.462 e. The fraction of sp³-hybridized carbons (Fsp3) is 0.286. The number of benzene rings is 2. The molecule has 0 bridgehead atoms. The maximum Gasteiger partial charge on any atom is 0.411 e. The zero-order chi connectivity index (χ0) is 20.4. The Bertz CT molecular complexity index is 801. The Labute approximate surface area is 164 Å². The van der Waals surface area contributed by atoms with Gasteiger partial charge in [-0.15, -0.1) is 0 Å². The van der Waals surface area contributed by atoms with Crippen LogP contribution in [0.1, 0.15) is 47.4 Å². The minimum absolute atomic E-state index is 0.279. The number of ether oxygens (including phenoxy) is 2. The highest BCUT2D eigenvalue weighted by atomic mass is 16.5. The second-order valence-corrected chi connectivity index (χ2v) is 5.94. The van der Waals surface area contributed by atoms with Crippen LogP contribution in [0.3, 0.4) is 0 Å². The van der Waals surface area contributed by atoms with E-state index < -0.39 is 6.09 Å². The van der Waals surface area contributed by atoms with E-state index in [1.54, 1.807) is 55.5 Å². The standard InChI is InChI=1S/C21H24N2O5/c1-3-5-14-28-20(25)16-8-12-17(13-9-16)22-19(24)15-6-10-18(11-7-15)23-21(26)27-4-2/h6-13H,3-5,14H2,1-2H3,(H,22,24)(H,23,26). The Kier molecular flexibility index (Phi) is 8.02. The van der Waals surface area contributed by atoms with Crippen molar-refractivity contribution in [1.82, 2.24) is 0 Å². The molecule has 2 rings (SSSR count). The van der Waals surface area contributed by atoms with Crippen LogP contribution in [0.15, 0.2) is 48.5 Å². The number of anilines is 2. The van der Waals surface area contributed by atoms with Crippen molar-refractivity contribution in [2.45, 2.75) is 26.7 Å². The zero-order valence-corrected chi connectivity index (χ0v) is 16.0. The number of hydrogen-bond donors (Lipinski definition) is 2. The van der Waals surface area contributed by atoms with E-state index in [9.17, 15) is 14.4 Å². The van der Waals surface area contributed by atoms with Crippen molar-refractivity contribution in [3.05, 3.63) is 59.7 Å². The Hall–Kier alpha value is -3.35. The summed E-state index contributed by atoms with van der Waals surface area (Å²) in [6.45, 7) is 4.42. The first-order chi connectivity index (χ1) is 13.5. The molecule has 2 amide bonds. The average molecular weight is 384 g/mol. The van der Waals surface area contributed by atoms with E-state index in [0.29, 0.717) is 29.1 Å². The molecule has 148 valence electrons. The van der Waals surface area contributed by atoms with Crippen LogP contribution in [0.5, 0.6) is 0 Å². The lowest BCUT2D eigenvalue weighted by atomic mass is 10.1. The Balaban J connectivity index is 1.91. The number of nitrogens with one attached hydrogen (secondary N) is 2. The topological polar surface area (TPSA) is 93.7 Å². The van der Waals surface area contributed by atoms with E-state index >= 15 is 0 Å². The smallest absolute Gasteiger partial charge is 0.411 e. The maximum absolute atomic E-state index is 12.3. The van der Waals surface area contributed by atoms with Crippen molar-refractivity contribution in [1.29, 1.82) is 0 Å². The molecule has 0 saturated carbocycles. The van der Waals surface area contributed by atoms with Crippen LogP contribution in [0.4, 0.5) is 16.2 Å². The van der Waals surface area contributed by atoms with Gasteiger partial charge in [0.1, 0.15) is 0 Å². The lowest BCUT2D eigenvalue weighted by molar-refractivity contribution is 0.0499. The predicted octanol–water partition coefficient (Wildman–Crippen LogP) is 4.46. The van der Waals surface area contributed by atoms with Gasteiger partial charge >= 0.3 is 12.1 Å². The molecule has 0 spiro atoms. The molecular formula is C21H24N2O5. The Morgan fingerprint density at radius 2 is 1.36 bits per heavy atom. The SMILES string of the molecule is CCCCOC(=O)c1ccc(NC(=O)c2ccc(NC(=O)OCC)cc2)cc1. The lowest BCUT2D eigenvalue weighted by Gasteiger charge is -2.08. The third kappa shape index (κ3) is 6.42. The summed E-state index contributed by atoms with van der Waals surface area (Å²) in [7, 11) is 0. The normalized spacial score (nSPS) is 10.1. The van der Waals surface area contributed by atoms with Crippen LogP contribution in [-0.2, 0) is 9.47 Å². The second kappa shape index (κ2) is 10.7. The molecule has 0 aliphatic heterocycles. The van der Waals surface area contributed by atoms with Crippen molar-refractivity contribution < 1.29 is 23.9 Å². The van der Waals surface area contributed by atoms with Gasteiger partial charge < -0.3 is 14.8 Å². The number of amides is 2. The summed E-state index contributed by atoms with van der Waals surface area (Å²) in [5.74, 6) is -0.683. The molecule has 0 atom stereocenters. The van der Waals surface area contributed by atoms with E-state index in [0.717, 1.165) is 12.8 Å². The number of carbonyl (C=O) groups excluding carboxylic acids is 3. The monoisotopic (exact) mass is 384 g/mol. The lowest BCUT2D eigenvalue weighted by Crippen LogP contribution is -2.14. The fourth-order valence-electron chi connectivity index (χ4n) is 2.28. The van der Waals surface area contributed by atoms with Gasteiger partial charge in [0.05, 0.1) is 18.8 Å². The molecule has 2 aromatic rings. The second-order valence-electron chi connectivity index (χ2n) is 5.94. The average Bonchev–Trinajstić information content (AvgIpc) is 2.69. The summed E-state index contributed by atoms with van der Waals surface area (Å²) in [4.78, 5) is 35.6. The van der Waals surface area contributed by atoms with Crippen LogP contribution in [0.25, 0.3) is 0 Å². The highest BCUT2D eigenvalue weighted by molar-refractivity contribution is 6.04. The highest BCUT2D eigenvalue weighted by Gasteiger charge is 2.10. The van der Waals surface area contributed by atoms with Crippen molar-refractivity contribution in [2.75, 3.05) is 23.8 Å². The molecule has 2 N–H and O–H groups in total. The Morgan fingerprint density at radius 3 is 1.93 bits per heavy atom. The molecule has 0 fully saturated rings. The van der Waals surface area contributed by atoms with Gasteiger partial charge in [0.15, 0.2) is 0 Å². The highest BCUT2D eigenvalue weighted by Crippen LogP contribution is 2.14. The molecule has 0 aliphatic rings. The van der Waals surface area contributed by atoms with Crippen LogP contribution < -0.4 is 10.6 Å². The van der Waals surface area contributed by atoms with Crippen molar-refractivity contribution in [3.8, 4) is 0 Å². The molecule has 2 aromatic carbocycles. The van der Waals surface area contributed by atoms with Gasteiger partial charge in [-0.2, -0.15) is 0 Å². The molecule has 0 aliphatic carbocycles. The van der Waals surface area contributed by atoms with E-state index in [-0.39, 0.29) is 18.5 Å². The van der Waals surface area contributed by atoms with Gasteiger partial charge in [0.25, 0.3) is 5.91 Å². The zero-order valence-electron chi connectivity index (χ0n) is 16.0. The number of esters is 1. The number of hydrogen-bond acceptors (Lipinski definition) is 5. The van der Waals surface area contributed by atoms with Crippen LogP contribution >= 0.6 is 0 Å². The van der Waals surface area contributed by atoms with Crippen molar-refractivity contribution >= 4 is 29.3 Å². The summed E-state index contributed by atoms with van der Waals surface area (Å²) >= 11 is 0. The first-order valence-corrected chi connectivity index (χ1v) is 9.15. The molecule has 0 unspecified atom stereocenters. The Morgan fingerprint density at radius 1 is 0.786 bits per heavy atom. The summed E-state index contributed by atoms with van der Waals surface area (Å²) in [6.07, 6.45) is 1.24. The molecule has 0 aromatic heterocycles. The first kappa shape index (κ1) is 21.0.